The fourth-order valence-electron chi connectivity index (χ4n) is 1.47. The third-order valence-electron chi connectivity index (χ3n) is 2.39. The van der Waals surface area contributed by atoms with Gasteiger partial charge >= 0.3 is 29.6 Å². The van der Waals surface area contributed by atoms with Gasteiger partial charge in [0.05, 0.1) is 0 Å². The monoisotopic (exact) mass is 237 g/mol. The molecular formula is C12H24NNaO2. The van der Waals surface area contributed by atoms with Gasteiger partial charge in [0, 0.05) is 12.5 Å². The molecule has 0 saturated heterocycles. The van der Waals surface area contributed by atoms with Gasteiger partial charge in [0.1, 0.15) is 0 Å². The van der Waals surface area contributed by atoms with E-state index in [0.29, 0.717) is 6.54 Å². The van der Waals surface area contributed by atoms with Gasteiger partial charge in [0.25, 0.3) is 0 Å². The number of hydrogen-bond donors (Lipinski definition) is 1. The van der Waals surface area contributed by atoms with E-state index in [9.17, 15) is 9.90 Å². The second-order valence-electron chi connectivity index (χ2n) is 4.47. The molecule has 0 unspecified atom stereocenters. The molecule has 0 aliphatic heterocycles. The molecule has 0 spiro atoms. The van der Waals surface area contributed by atoms with E-state index in [0.717, 1.165) is 18.9 Å². The van der Waals surface area contributed by atoms with Crippen molar-refractivity contribution in [2.45, 2.75) is 52.4 Å². The second-order valence-corrected chi connectivity index (χ2v) is 4.47. The van der Waals surface area contributed by atoms with E-state index in [1.807, 2.05) is 0 Å². The molecule has 4 heteroatoms. The molecule has 0 amide bonds. The second kappa shape index (κ2) is 13.5. The molecule has 0 rings (SSSR count). The van der Waals surface area contributed by atoms with Gasteiger partial charge in [0.15, 0.2) is 0 Å². The number of hydrogen-bond acceptors (Lipinski definition) is 3. The van der Waals surface area contributed by atoms with Crippen LogP contribution in [0.15, 0.2) is 0 Å². The number of carbonyl (C=O) groups excluding carboxylic acids is 1. The Labute approximate surface area is 122 Å². The zero-order valence-electron chi connectivity index (χ0n) is 11.1. The SMILES string of the molecule is CC(C)CCCCCCNCCC(=O)[O-].[Na+]. The molecule has 0 aliphatic carbocycles. The van der Waals surface area contributed by atoms with Crippen molar-refractivity contribution in [1.82, 2.24) is 5.32 Å². The van der Waals surface area contributed by atoms with Crippen molar-refractivity contribution in [2.75, 3.05) is 13.1 Å². The summed E-state index contributed by atoms with van der Waals surface area (Å²) in [6.07, 6.45) is 6.43. The molecule has 0 radical (unpaired) electrons. The molecule has 0 saturated carbocycles. The van der Waals surface area contributed by atoms with Gasteiger partial charge in [-0.15, -0.1) is 0 Å². The molecule has 0 fully saturated rings. The third kappa shape index (κ3) is 16.8. The van der Waals surface area contributed by atoms with Crippen LogP contribution in [-0.2, 0) is 4.79 Å². The Bertz CT molecular complexity index is 163. The summed E-state index contributed by atoms with van der Waals surface area (Å²) in [5, 5.41) is 13.2. The summed E-state index contributed by atoms with van der Waals surface area (Å²) >= 11 is 0. The average Bonchev–Trinajstić information content (AvgIpc) is 2.14. The molecule has 3 nitrogen and oxygen atoms in total. The number of aliphatic carboxylic acids is 1. The van der Waals surface area contributed by atoms with Crippen LogP contribution in [0.3, 0.4) is 0 Å². The molecule has 0 aromatic rings. The van der Waals surface area contributed by atoms with Gasteiger partial charge in [-0.3, -0.25) is 0 Å². The number of rotatable bonds is 10. The molecule has 0 aliphatic rings. The maximum absolute atomic E-state index is 10.1. The van der Waals surface area contributed by atoms with E-state index in [1.54, 1.807) is 0 Å². The van der Waals surface area contributed by atoms with Crippen LogP contribution in [0.2, 0.25) is 0 Å². The predicted molar refractivity (Wildman–Crippen MR) is 60.4 cm³/mol. The van der Waals surface area contributed by atoms with Gasteiger partial charge in [-0.2, -0.15) is 0 Å². The molecule has 0 aromatic carbocycles. The first-order valence-corrected chi connectivity index (χ1v) is 6.03. The van der Waals surface area contributed by atoms with Gasteiger partial charge < -0.3 is 15.2 Å². The van der Waals surface area contributed by atoms with Crippen molar-refractivity contribution in [3.63, 3.8) is 0 Å². The Morgan fingerprint density at radius 3 is 2.31 bits per heavy atom. The third-order valence-corrected chi connectivity index (χ3v) is 2.39. The number of carbonyl (C=O) groups is 1. The largest absolute Gasteiger partial charge is 1.00 e. The first-order valence-electron chi connectivity index (χ1n) is 6.03. The van der Waals surface area contributed by atoms with Crippen molar-refractivity contribution in [2.24, 2.45) is 5.92 Å². The van der Waals surface area contributed by atoms with Crippen molar-refractivity contribution in [1.29, 1.82) is 0 Å². The van der Waals surface area contributed by atoms with Crippen LogP contribution in [-0.4, -0.2) is 19.1 Å². The van der Waals surface area contributed by atoms with Crippen molar-refractivity contribution in [3.05, 3.63) is 0 Å². The maximum atomic E-state index is 10.1. The Morgan fingerprint density at radius 1 is 1.12 bits per heavy atom. The molecule has 90 valence electrons. The summed E-state index contributed by atoms with van der Waals surface area (Å²) in [5.41, 5.74) is 0. The number of carboxylic acid groups (broad SMARTS) is 1. The Hall–Kier alpha value is 0.430. The van der Waals surface area contributed by atoms with Crippen LogP contribution >= 0.6 is 0 Å². The number of unbranched alkanes of at least 4 members (excludes halogenated alkanes) is 3. The first-order chi connectivity index (χ1) is 7.13. The normalized spacial score (nSPS) is 10.2. The van der Waals surface area contributed by atoms with Gasteiger partial charge in [-0.25, -0.2) is 0 Å². The van der Waals surface area contributed by atoms with Gasteiger partial charge in [-0.05, 0) is 25.3 Å². The maximum Gasteiger partial charge on any atom is 1.00 e. The van der Waals surface area contributed by atoms with E-state index in [1.165, 1.54) is 25.7 Å². The minimum Gasteiger partial charge on any atom is -0.550 e. The Balaban J connectivity index is 0. The van der Waals surface area contributed by atoms with Crippen LogP contribution in [0.4, 0.5) is 0 Å². The van der Waals surface area contributed by atoms with Gasteiger partial charge in [0.2, 0.25) is 0 Å². The van der Waals surface area contributed by atoms with Crippen molar-refractivity contribution >= 4 is 5.97 Å². The summed E-state index contributed by atoms with van der Waals surface area (Å²) < 4.78 is 0. The topological polar surface area (TPSA) is 52.2 Å². The average molecular weight is 237 g/mol. The minimum atomic E-state index is -0.973. The standard InChI is InChI=1S/C12H25NO2.Na/c1-11(2)7-5-3-4-6-9-13-10-8-12(14)15;/h11,13H,3-10H2,1-2H3,(H,14,15);/q;+1/p-1. The zero-order chi connectivity index (χ0) is 11.5. The minimum absolute atomic E-state index is 0. The summed E-state index contributed by atoms with van der Waals surface area (Å²) in [6, 6.07) is 0. The number of nitrogens with one attached hydrogen (secondary N) is 1. The van der Waals surface area contributed by atoms with E-state index in [-0.39, 0.29) is 36.0 Å². The van der Waals surface area contributed by atoms with E-state index in [4.69, 9.17) is 0 Å². The van der Waals surface area contributed by atoms with E-state index in [2.05, 4.69) is 19.2 Å². The molecule has 0 bridgehead atoms. The first kappa shape index (κ1) is 18.8. The Kier molecular flexibility index (Phi) is 15.8. The molecule has 0 aromatic heterocycles. The summed E-state index contributed by atoms with van der Waals surface area (Å²) in [6.45, 7) is 5.96. The fraction of sp³-hybridized carbons (Fsp3) is 0.917. The van der Waals surface area contributed by atoms with E-state index >= 15 is 0 Å². The molecular weight excluding hydrogens is 213 g/mol. The molecule has 1 N–H and O–H groups in total. The Morgan fingerprint density at radius 2 is 1.75 bits per heavy atom. The van der Waals surface area contributed by atoms with Crippen molar-refractivity contribution in [3.8, 4) is 0 Å². The zero-order valence-corrected chi connectivity index (χ0v) is 13.1. The van der Waals surface area contributed by atoms with Crippen LogP contribution in [0, 0.1) is 5.92 Å². The van der Waals surface area contributed by atoms with Crippen LogP contribution in [0.25, 0.3) is 0 Å². The summed E-state index contributed by atoms with van der Waals surface area (Å²) in [4.78, 5) is 10.1. The van der Waals surface area contributed by atoms with Crippen molar-refractivity contribution < 1.29 is 39.5 Å². The molecule has 0 atom stereocenters. The summed E-state index contributed by atoms with van der Waals surface area (Å²) in [7, 11) is 0. The summed E-state index contributed by atoms with van der Waals surface area (Å²) in [5.74, 6) is -0.161. The van der Waals surface area contributed by atoms with Gasteiger partial charge in [-0.1, -0.05) is 39.5 Å². The molecule has 0 heterocycles. The van der Waals surface area contributed by atoms with Crippen LogP contribution < -0.4 is 40.0 Å². The predicted octanol–water partition coefficient (Wildman–Crippen LogP) is -1.67. The van der Waals surface area contributed by atoms with E-state index < -0.39 is 5.97 Å². The number of carboxylic acids is 1. The van der Waals surface area contributed by atoms with Crippen LogP contribution in [0.5, 0.6) is 0 Å². The molecule has 16 heavy (non-hydrogen) atoms. The fourth-order valence-corrected chi connectivity index (χ4v) is 1.47. The smallest absolute Gasteiger partial charge is 0.550 e. The quantitative estimate of drug-likeness (QED) is 0.365. The van der Waals surface area contributed by atoms with Crippen LogP contribution in [0.1, 0.15) is 52.4 Å².